The Hall–Kier alpha value is -1.56. The number of carbonyl (C=O) groups is 1. The Morgan fingerprint density at radius 1 is 1.59 bits per heavy atom. The number of anilines is 1. The molecule has 0 radical (unpaired) electrons. The van der Waals surface area contributed by atoms with Crippen LogP contribution in [0.2, 0.25) is 0 Å². The van der Waals surface area contributed by atoms with Crippen molar-refractivity contribution in [2.24, 2.45) is 0 Å². The second-order valence-electron chi connectivity index (χ2n) is 3.94. The van der Waals surface area contributed by atoms with Crippen molar-refractivity contribution in [1.29, 1.82) is 0 Å². The number of amides is 1. The lowest BCUT2D eigenvalue weighted by atomic mass is 10.3. The van der Waals surface area contributed by atoms with E-state index in [1.807, 2.05) is 14.0 Å². The van der Waals surface area contributed by atoms with Crippen molar-refractivity contribution >= 4 is 11.6 Å². The van der Waals surface area contributed by atoms with Gasteiger partial charge < -0.3 is 16.0 Å². The van der Waals surface area contributed by atoms with Crippen molar-refractivity contribution in [3.63, 3.8) is 0 Å². The molecular weight excluding hydrogens is 218 g/mol. The third-order valence-corrected chi connectivity index (χ3v) is 2.65. The monoisotopic (exact) mass is 239 g/mol. The number of aryl methyl sites for hydroxylation is 1. The Labute approximate surface area is 102 Å². The minimum Gasteiger partial charge on any atom is -0.396 e. The van der Waals surface area contributed by atoms with Gasteiger partial charge in [0.15, 0.2) is 5.69 Å². The molecule has 0 unspecified atom stereocenters. The lowest BCUT2D eigenvalue weighted by Crippen LogP contribution is -2.33. The number of likely N-dealkylation sites (N-methyl/N-ethyl adjacent to an activating group) is 1. The van der Waals surface area contributed by atoms with Gasteiger partial charge in [0, 0.05) is 25.8 Å². The maximum absolute atomic E-state index is 11.8. The minimum absolute atomic E-state index is 0.209. The molecule has 1 rings (SSSR count). The fourth-order valence-electron chi connectivity index (χ4n) is 1.38. The van der Waals surface area contributed by atoms with Crippen molar-refractivity contribution in [1.82, 2.24) is 20.0 Å². The number of hydrogen-bond acceptors (Lipinski definition) is 4. The van der Waals surface area contributed by atoms with Gasteiger partial charge in [0.1, 0.15) is 0 Å². The molecule has 17 heavy (non-hydrogen) atoms. The van der Waals surface area contributed by atoms with E-state index in [-0.39, 0.29) is 5.91 Å². The molecule has 0 aliphatic rings. The molecule has 1 amide bonds. The van der Waals surface area contributed by atoms with Gasteiger partial charge in [-0.1, -0.05) is 6.92 Å². The predicted molar refractivity (Wildman–Crippen MR) is 67.8 cm³/mol. The van der Waals surface area contributed by atoms with Crippen molar-refractivity contribution in [3.05, 3.63) is 11.9 Å². The molecule has 0 saturated heterocycles. The van der Waals surface area contributed by atoms with Gasteiger partial charge >= 0.3 is 0 Å². The van der Waals surface area contributed by atoms with Crippen molar-refractivity contribution < 1.29 is 4.79 Å². The molecule has 0 aliphatic heterocycles. The standard InChI is InChI=1S/C11H21N5O/c1-4-15(3)7-6-13-11(17)10-9(12)8-16(5-2)14-10/h8H,4-7,12H2,1-3H3,(H,13,17). The fourth-order valence-corrected chi connectivity index (χ4v) is 1.38. The lowest BCUT2D eigenvalue weighted by molar-refractivity contribution is 0.0945. The smallest absolute Gasteiger partial charge is 0.273 e. The van der Waals surface area contributed by atoms with E-state index in [1.54, 1.807) is 10.9 Å². The molecule has 6 nitrogen and oxygen atoms in total. The van der Waals surface area contributed by atoms with E-state index in [9.17, 15) is 4.79 Å². The second-order valence-corrected chi connectivity index (χ2v) is 3.94. The molecular formula is C11H21N5O. The third-order valence-electron chi connectivity index (χ3n) is 2.65. The zero-order valence-electron chi connectivity index (χ0n) is 10.7. The Balaban J connectivity index is 2.49. The van der Waals surface area contributed by atoms with Crippen LogP contribution in [0, 0.1) is 0 Å². The zero-order chi connectivity index (χ0) is 12.8. The number of nitrogens with two attached hydrogens (primary N) is 1. The average molecular weight is 239 g/mol. The Bertz CT molecular complexity index is 374. The van der Waals surface area contributed by atoms with Gasteiger partial charge in [0.25, 0.3) is 5.91 Å². The molecule has 1 aromatic rings. The van der Waals surface area contributed by atoms with Crippen LogP contribution >= 0.6 is 0 Å². The van der Waals surface area contributed by atoms with Crippen LogP contribution in [0.1, 0.15) is 24.3 Å². The molecule has 1 heterocycles. The Morgan fingerprint density at radius 3 is 2.82 bits per heavy atom. The first-order chi connectivity index (χ1) is 8.08. The maximum Gasteiger partial charge on any atom is 0.273 e. The highest BCUT2D eigenvalue weighted by Crippen LogP contribution is 2.08. The molecule has 0 aromatic carbocycles. The molecule has 1 aromatic heterocycles. The average Bonchev–Trinajstić information content (AvgIpc) is 2.70. The summed E-state index contributed by atoms with van der Waals surface area (Å²) in [5, 5.41) is 6.92. The summed E-state index contributed by atoms with van der Waals surface area (Å²) in [5.41, 5.74) is 6.46. The summed E-state index contributed by atoms with van der Waals surface area (Å²) in [6.07, 6.45) is 1.67. The van der Waals surface area contributed by atoms with Crippen LogP contribution < -0.4 is 11.1 Å². The van der Waals surface area contributed by atoms with E-state index in [0.29, 0.717) is 24.5 Å². The highest BCUT2D eigenvalue weighted by atomic mass is 16.2. The number of nitrogens with zero attached hydrogens (tertiary/aromatic N) is 3. The number of nitrogen functional groups attached to an aromatic ring is 1. The topological polar surface area (TPSA) is 76.2 Å². The Kier molecular flexibility index (Phi) is 4.96. The van der Waals surface area contributed by atoms with E-state index in [4.69, 9.17) is 5.73 Å². The van der Waals surface area contributed by atoms with Gasteiger partial charge in [-0.15, -0.1) is 0 Å². The third kappa shape index (κ3) is 3.74. The first kappa shape index (κ1) is 13.5. The summed E-state index contributed by atoms with van der Waals surface area (Å²) in [6.45, 7) is 7.10. The van der Waals surface area contributed by atoms with Gasteiger partial charge in [-0.25, -0.2) is 0 Å². The summed E-state index contributed by atoms with van der Waals surface area (Å²) in [7, 11) is 2.01. The molecule has 0 spiro atoms. The summed E-state index contributed by atoms with van der Waals surface area (Å²) in [6, 6.07) is 0. The van der Waals surface area contributed by atoms with Crippen LogP contribution in [-0.4, -0.2) is 47.3 Å². The molecule has 96 valence electrons. The number of nitrogens with one attached hydrogen (secondary N) is 1. The summed E-state index contributed by atoms with van der Waals surface area (Å²) < 4.78 is 1.66. The van der Waals surface area contributed by atoms with E-state index in [1.165, 1.54) is 0 Å². The predicted octanol–water partition coefficient (Wildman–Crippen LogP) is 0.167. The Morgan fingerprint density at radius 2 is 2.29 bits per heavy atom. The molecule has 0 bridgehead atoms. The van der Waals surface area contributed by atoms with E-state index in [2.05, 4.69) is 22.2 Å². The van der Waals surface area contributed by atoms with Gasteiger partial charge in [0.05, 0.1) is 5.69 Å². The van der Waals surface area contributed by atoms with Crippen LogP contribution in [0.15, 0.2) is 6.20 Å². The molecule has 0 fully saturated rings. The van der Waals surface area contributed by atoms with Crippen molar-refractivity contribution in [3.8, 4) is 0 Å². The van der Waals surface area contributed by atoms with Crippen molar-refractivity contribution in [2.75, 3.05) is 32.4 Å². The molecule has 0 aliphatic carbocycles. The zero-order valence-corrected chi connectivity index (χ0v) is 10.7. The lowest BCUT2D eigenvalue weighted by Gasteiger charge is -2.13. The summed E-state index contributed by atoms with van der Waals surface area (Å²) >= 11 is 0. The summed E-state index contributed by atoms with van der Waals surface area (Å²) in [4.78, 5) is 13.9. The quantitative estimate of drug-likeness (QED) is 0.742. The first-order valence-electron chi connectivity index (χ1n) is 5.88. The van der Waals surface area contributed by atoms with Crippen molar-refractivity contribution in [2.45, 2.75) is 20.4 Å². The first-order valence-corrected chi connectivity index (χ1v) is 5.88. The fraction of sp³-hybridized carbons (Fsp3) is 0.636. The molecule has 0 saturated carbocycles. The number of carbonyl (C=O) groups excluding carboxylic acids is 1. The van der Waals surface area contributed by atoms with Crippen LogP contribution in [0.25, 0.3) is 0 Å². The molecule has 6 heteroatoms. The highest BCUT2D eigenvalue weighted by molar-refractivity contribution is 5.96. The van der Waals surface area contributed by atoms with Gasteiger partial charge in [-0.05, 0) is 20.5 Å². The number of hydrogen-bond donors (Lipinski definition) is 2. The maximum atomic E-state index is 11.8. The highest BCUT2D eigenvalue weighted by Gasteiger charge is 2.13. The molecule has 3 N–H and O–H groups in total. The SMILES string of the molecule is CCN(C)CCNC(=O)c1nn(CC)cc1N. The largest absolute Gasteiger partial charge is 0.396 e. The normalized spacial score (nSPS) is 10.8. The van der Waals surface area contributed by atoms with Gasteiger partial charge in [-0.2, -0.15) is 5.10 Å². The summed E-state index contributed by atoms with van der Waals surface area (Å²) in [5.74, 6) is -0.209. The second kappa shape index (κ2) is 6.24. The number of aromatic nitrogens is 2. The molecule has 0 atom stereocenters. The van der Waals surface area contributed by atoms with Crippen LogP contribution in [0.3, 0.4) is 0 Å². The van der Waals surface area contributed by atoms with Gasteiger partial charge in [-0.3, -0.25) is 9.48 Å². The van der Waals surface area contributed by atoms with Gasteiger partial charge in [0.2, 0.25) is 0 Å². The number of rotatable bonds is 6. The van der Waals surface area contributed by atoms with Crippen LogP contribution in [0.4, 0.5) is 5.69 Å². The van der Waals surface area contributed by atoms with Crippen LogP contribution in [-0.2, 0) is 6.54 Å². The van der Waals surface area contributed by atoms with E-state index < -0.39 is 0 Å². The van der Waals surface area contributed by atoms with E-state index >= 15 is 0 Å². The van der Waals surface area contributed by atoms with Crippen LogP contribution in [0.5, 0.6) is 0 Å². The van der Waals surface area contributed by atoms with E-state index in [0.717, 1.165) is 13.1 Å². The minimum atomic E-state index is -0.209.